The van der Waals surface area contributed by atoms with E-state index >= 15 is 0 Å². The molecule has 1 radical (unpaired) electrons. The Morgan fingerprint density at radius 1 is 0.931 bits per heavy atom. The number of nitrogens with zero attached hydrogens (tertiary/aromatic N) is 1. The van der Waals surface area contributed by atoms with Crippen LogP contribution < -0.4 is 4.74 Å². The minimum absolute atomic E-state index is 0.0184. The molecular formula is C23H23F3NO2. The quantitative estimate of drug-likeness (QED) is 0.675. The van der Waals surface area contributed by atoms with E-state index in [-0.39, 0.29) is 24.9 Å². The molecule has 0 atom stereocenters. The monoisotopic (exact) mass is 402 g/mol. The van der Waals surface area contributed by atoms with Gasteiger partial charge in [-0.05, 0) is 55.0 Å². The van der Waals surface area contributed by atoms with E-state index in [0.29, 0.717) is 37.2 Å². The van der Waals surface area contributed by atoms with Crippen LogP contribution in [-0.4, -0.2) is 36.2 Å². The molecule has 29 heavy (non-hydrogen) atoms. The zero-order valence-corrected chi connectivity index (χ0v) is 16.0. The Morgan fingerprint density at radius 3 is 2.17 bits per heavy atom. The molecule has 2 aromatic rings. The van der Waals surface area contributed by atoms with Crippen LogP contribution >= 0.6 is 0 Å². The molecule has 6 heteroatoms. The third-order valence-corrected chi connectivity index (χ3v) is 5.75. The van der Waals surface area contributed by atoms with Crippen LogP contribution in [0.4, 0.5) is 13.2 Å². The van der Waals surface area contributed by atoms with Crippen LogP contribution in [-0.2, 0) is 0 Å². The number of halogens is 3. The second-order valence-corrected chi connectivity index (χ2v) is 7.70. The molecule has 1 heterocycles. The Balaban J connectivity index is 1.42. The number of hydrogen-bond acceptors (Lipinski definition) is 2. The molecule has 0 spiro atoms. The third-order valence-electron chi connectivity index (χ3n) is 5.75. The fourth-order valence-corrected chi connectivity index (χ4v) is 3.93. The lowest BCUT2D eigenvalue weighted by Crippen LogP contribution is -2.42. The van der Waals surface area contributed by atoms with Gasteiger partial charge in [0, 0.05) is 25.1 Å². The minimum atomic E-state index is -4.11. The fraction of sp³-hybridized carbons (Fsp3) is 0.391. The van der Waals surface area contributed by atoms with Gasteiger partial charge in [0.2, 0.25) is 0 Å². The van der Waals surface area contributed by atoms with Crippen molar-refractivity contribution in [1.82, 2.24) is 4.90 Å². The average molecular weight is 402 g/mol. The molecule has 2 fully saturated rings. The van der Waals surface area contributed by atoms with Gasteiger partial charge in [-0.15, -0.1) is 0 Å². The van der Waals surface area contributed by atoms with Crippen LogP contribution in [0.15, 0.2) is 48.5 Å². The zero-order chi connectivity index (χ0) is 20.4. The Hall–Kier alpha value is -2.50. The molecule has 1 amide bonds. The van der Waals surface area contributed by atoms with Gasteiger partial charge < -0.3 is 9.64 Å². The SMILES string of the molecule is O=C(c1ccccc1-c1ccc(OC2CCC(C(F)(F)F)CC2)cc1)N1C[CH]C1. The lowest BCUT2D eigenvalue weighted by Gasteiger charge is -2.31. The highest BCUT2D eigenvalue weighted by Crippen LogP contribution is 2.38. The van der Waals surface area contributed by atoms with Crippen molar-refractivity contribution in [2.75, 3.05) is 13.1 Å². The number of likely N-dealkylation sites (tertiary alicyclic amines) is 1. The molecule has 1 saturated carbocycles. The summed E-state index contributed by atoms with van der Waals surface area (Å²) < 4.78 is 44.3. The summed E-state index contributed by atoms with van der Waals surface area (Å²) in [7, 11) is 0. The van der Waals surface area contributed by atoms with Crippen molar-refractivity contribution in [3.63, 3.8) is 0 Å². The van der Waals surface area contributed by atoms with Gasteiger partial charge in [-0.25, -0.2) is 0 Å². The maximum Gasteiger partial charge on any atom is 0.391 e. The first-order valence-electron chi connectivity index (χ1n) is 9.95. The number of alkyl halides is 3. The van der Waals surface area contributed by atoms with Crippen LogP contribution in [0.3, 0.4) is 0 Å². The minimum Gasteiger partial charge on any atom is -0.490 e. The van der Waals surface area contributed by atoms with E-state index in [1.807, 2.05) is 48.5 Å². The van der Waals surface area contributed by atoms with E-state index in [2.05, 4.69) is 6.42 Å². The van der Waals surface area contributed by atoms with Crippen molar-refractivity contribution in [2.45, 2.75) is 38.0 Å². The number of amides is 1. The second-order valence-electron chi connectivity index (χ2n) is 7.70. The van der Waals surface area contributed by atoms with Crippen molar-refractivity contribution >= 4 is 5.91 Å². The molecule has 4 rings (SSSR count). The number of rotatable bonds is 4. The molecule has 153 valence electrons. The maximum atomic E-state index is 12.8. The number of hydrogen-bond donors (Lipinski definition) is 0. The average Bonchev–Trinajstić information content (AvgIpc) is 2.67. The summed E-state index contributed by atoms with van der Waals surface area (Å²) in [4.78, 5) is 14.4. The molecule has 2 aliphatic rings. The summed E-state index contributed by atoms with van der Waals surface area (Å²) in [6.07, 6.45) is -1.17. The predicted molar refractivity (Wildman–Crippen MR) is 105 cm³/mol. The van der Waals surface area contributed by atoms with Crippen molar-refractivity contribution in [1.29, 1.82) is 0 Å². The smallest absolute Gasteiger partial charge is 0.391 e. The maximum absolute atomic E-state index is 12.8. The summed E-state index contributed by atoms with van der Waals surface area (Å²) in [5.41, 5.74) is 2.44. The summed E-state index contributed by atoms with van der Waals surface area (Å²) in [6, 6.07) is 14.9. The van der Waals surface area contributed by atoms with Gasteiger partial charge in [0.1, 0.15) is 5.75 Å². The lowest BCUT2D eigenvalue weighted by atomic mass is 9.87. The lowest BCUT2D eigenvalue weighted by molar-refractivity contribution is -0.185. The van der Waals surface area contributed by atoms with Gasteiger partial charge in [-0.3, -0.25) is 4.79 Å². The van der Waals surface area contributed by atoms with Gasteiger partial charge in [-0.2, -0.15) is 13.2 Å². The number of carbonyl (C=O) groups excluding carboxylic acids is 1. The second kappa shape index (κ2) is 8.09. The normalized spacial score (nSPS) is 22.1. The highest BCUT2D eigenvalue weighted by atomic mass is 19.4. The topological polar surface area (TPSA) is 29.5 Å². The fourth-order valence-electron chi connectivity index (χ4n) is 3.93. The van der Waals surface area contributed by atoms with Gasteiger partial charge >= 0.3 is 6.18 Å². The van der Waals surface area contributed by atoms with Crippen molar-refractivity contribution in [2.24, 2.45) is 5.92 Å². The molecule has 0 aromatic heterocycles. The number of benzene rings is 2. The van der Waals surface area contributed by atoms with Gasteiger partial charge in [0.05, 0.1) is 12.0 Å². The van der Waals surface area contributed by atoms with E-state index in [4.69, 9.17) is 4.74 Å². The Kier molecular flexibility index (Phi) is 5.52. The first kappa shape index (κ1) is 19.8. The van der Waals surface area contributed by atoms with Crippen LogP contribution in [0.25, 0.3) is 11.1 Å². The first-order chi connectivity index (χ1) is 13.9. The van der Waals surface area contributed by atoms with Crippen molar-refractivity contribution < 1.29 is 22.7 Å². The molecule has 1 saturated heterocycles. The highest BCUT2D eigenvalue weighted by Gasteiger charge is 2.41. The summed E-state index contributed by atoms with van der Waals surface area (Å²) in [5.74, 6) is -0.544. The molecule has 0 bridgehead atoms. The Labute approximate surface area is 168 Å². The van der Waals surface area contributed by atoms with E-state index in [0.717, 1.165) is 11.1 Å². The molecule has 2 aromatic carbocycles. The molecule has 3 nitrogen and oxygen atoms in total. The van der Waals surface area contributed by atoms with E-state index in [1.54, 1.807) is 4.90 Å². The van der Waals surface area contributed by atoms with Crippen LogP contribution in [0.1, 0.15) is 36.0 Å². The van der Waals surface area contributed by atoms with Crippen molar-refractivity contribution in [3.05, 3.63) is 60.5 Å². The first-order valence-corrected chi connectivity index (χ1v) is 9.95. The molecule has 0 unspecified atom stereocenters. The van der Waals surface area contributed by atoms with E-state index in [1.165, 1.54) is 0 Å². The van der Waals surface area contributed by atoms with Crippen molar-refractivity contribution in [3.8, 4) is 16.9 Å². The number of carbonyl (C=O) groups is 1. The van der Waals surface area contributed by atoms with Gasteiger partial charge in [-0.1, -0.05) is 30.3 Å². The Morgan fingerprint density at radius 2 is 1.59 bits per heavy atom. The van der Waals surface area contributed by atoms with Crippen LogP contribution in [0.5, 0.6) is 5.75 Å². The molecule has 1 aliphatic heterocycles. The van der Waals surface area contributed by atoms with Crippen LogP contribution in [0, 0.1) is 12.3 Å². The molecule has 0 N–H and O–H groups in total. The zero-order valence-electron chi connectivity index (χ0n) is 16.0. The predicted octanol–water partition coefficient (Wildman–Crippen LogP) is 5.51. The molecular weight excluding hydrogens is 379 g/mol. The summed E-state index contributed by atoms with van der Waals surface area (Å²) in [5, 5.41) is 0. The third kappa shape index (κ3) is 4.41. The standard InChI is InChI=1S/C23H23F3NO2/c24-23(25,26)17-8-12-19(13-9-17)29-18-10-6-16(7-11-18)20-4-1-2-5-21(20)22(28)27-14-3-15-27/h1-7,10-11,17,19H,8-9,12-15H2. The van der Waals surface area contributed by atoms with E-state index in [9.17, 15) is 18.0 Å². The van der Waals surface area contributed by atoms with Crippen LogP contribution in [0.2, 0.25) is 0 Å². The highest BCUT2D eigenvalue weighted by molar-refractivity contribution is 6.01. The molecule has 1 aliphatic carbocycles. The summed E-state index contributed by atoms with van der Waals surface area (Å²) >= 11 is 0. The van der Waals surface area contributed by atoms with Gasteiger partial charge in [0.25, 0.3) is 5.91 Å². The van der Waals surface area contributed by atoms with Gasteiger partial charge in [0.15, 0.2) is 0 Å². The Bertz CT molecular complexity index is 851. The number of ether oxygens (including phenoxy) is 1. The summed E-state index contributed by atoms with van der Waals surface area (Å²) in [6.45, 7) is 1.35. The largest absolute Gasteiger partial charge is 0.490 e. The van der Waals surface area contributed by atoms with E-state index < -0.39 is 12.1 Å².